The van der Waals surface area contributed by atoms with Crippen molar-refractivity contribution in [3.05, 3.63) is 122 Å². The second kappa shape index (κ2) is 56.4. The standard InChI is InChI=1S/C63H102O6/c1-4-7-10-13-16-18-20-22-24-26-28-30-31-33-34-36-38-40-42-44-47-50-53-56-62(65)68-59-60(58-67-61(64)55-52-49-46-15-12-9-6-3)69-63(66)57-54-51-48-45-43-41-39-37-35-32-29-27-25-23-21-19-17-14-11-8-5-2/h7-8,10-11,16-19,22-25,28-30,32,37,39,43,45,60H,4-6,9,12-15,20-21,26-27,31,33-36,38,40-42,44,46-59H2,1-3H3/b10-7-,11-8-,18-16-,19-17-,24-22-,25-23-,30-28-,32-29-,39-37-,45-43-. The van der Waals surface area contributed by atoms with Crippen LogP contribution in [-0.4, -0.2) is 37.2 Å². The van der Waals surface area contributed by atoms with Gasteiger partial charge < -0.3 is 14.2 Å². The maximum absolute atomic E-state index is 12.8. The van der Waals surface area contributed by atoms with Gasteiger partial charge in [0.05, 0.1) is 0 Å². The summed E-state index contributed by atoms with van der Waals surface area (Å²) in [5, 5.41) is 0. The van der Waals surface area contributed by atoms with E-state index in [1.54, 1.807) is 0 Å². The van der Waals surface area contributed by atoms with E-state index < -0.39 is 6.10 Å². The van der Waals surface area contributed by atoms with Gasteiger partial charge in [0.25, 0.3) is 0 Å². The molecule has 0 aliphatic carbocycles. The molecule has 6 nitrogen and oxygen atoms in total. The van der Waals surface area contributed by atoms with Crippen LogP contribution in [0.2, 0.25) is 0 Å². The zero-order valence-electron chi connectivity index (χ0n) is 44.5. The quantitative estimate of drug-likeness (QED) is 0.0262. The highest BCUT2D eigenvalue weighted by Gasteiger charge is 2.19. The van der Waals surface area contributed by atoms with E-state index in [-0.39, 0.29) is 37.5 Å². The van der Waals surface area contributed by atoms with Crippen molar-refractivity contribution >= 4 is 17.9 Å². The lowest BCUT2D eigenvalue weighted by Crippen LogP contribution is -2.30. The Labute approximate surface area is 424 Å². The first-order chi connectivity index (χ1) is 34.0. The molecule has 0 heterocycles. The molecule has 1 atom stereocenters. The largest absolute Gasteiger partial charge is 0.462 e. The molecule has 0 fully saturated rings. The van der Waals surface area contributed by atoms with Crippen molar-refractivity contribution in [2.24, 2.45) is 0 Å². The fourth-order valence-electron chi connectivity index (χ4n) is 7.32. The number of hydrogen-bond donors (Lipinski definition) is 0. The topological polar surface area (TPSA) is 78.9 Å². The van der Waals surface area contributed by atoms with E-state index in [1.165, 1.54) is 77.0 Å². The maximum Gasteiger partial charge on any atom is 0.306 e. The van der Waals surface area contributed by atoms with Crippen molar-refractivity contribution < 1.29 is 28.6 Å². The Morgan fingerprint density at radius 3 is 0.913 bits per heavy atom. The lowest BCUT2D eigenvalue weighted by atomic mass is 10.1. The van der Waals surface area contributed by atoms with Gasteiger partial charge in [0.15, 0.2) is 6.10 Å². The molecule has 0 aliphatic rings. The summed E-state index contributed by atoms with van der Waals surface area (Å²) in [6.45, 7) is 6.32. The fourth-order valence-corrected chi connectivity index (χ4v) is 7.32. The minimum Gasteiger partial charge on any atom is -0.462 e. The highest BCUT2D eigenvalue weighted by molar-refractivity contribution is 5.71. The van der Waals surface area contributed by atoms with E-state index in [1.807, 2.05) is 0 Å². The Bertz CT molecular complexity index is 1470. The molecule has 0 saturated carbocycles. The van der Waals surface area contributed by atoms with E-state index in [0.29, 0.717) is 19.3 Å². The van der Waals surface area contributed by atoms with Crippen molar-refractivity contribution in [1.82, 2.24) is 0 Å². The van der Waals surface area contributed by atoms with Gasteiger partial charge in [-0.25, -0.2) is 0 Å². The van der Waals surface area contributed by atoms with Gasteiger partial charge in [0, 0.05) is 19.3 Å². The third-order valence-electron chi connectivity index (χ3n) is 11.5. The third kappa shape index (κ3) is 54.6. The Hall–Kier alpha value is -4.19. The molecule has 0 radical (unpaired) electrons. The predicted molar refractivity (Wildman–Crippen MR) is 297 cm³/mol. The third-order valence-corrected chi connectivity index (χ3v) is 11.5. The van der Waals surface area contributed by atoms with Crippen molar-refractivity contribution in [1.29, 1.82) is 0 Å². The first-order valence-corrected chi connectivity index (χ1v) is 28.0. The van der Waals surface area contributed by atoms with Crippen LogP contribution < -0.4 is 0 Å². The lowest BCUT2D eigenvalue weighted by molar-refractivity contribution is -0.167. The van der Waals surface area contributed by atoms with Crippen LogP contribution in [0.4, 0.5) is 0 Å². The smallest absolute Gasteiger partial charge is 0.306 e. The summed E-state index contributed by atoms with van der Waals surface area (Å²) in [6, 6.07) is 0. The Balaban J connectivity index is 4.31. The van der Waals surface area contributed by atoms with E-state index in [4.69, 9.17) is 14.2 Å². The average molecular weight is 956 g/mol. The molecule has 0 N–H and O–H groups in total. The summed E-state index contributed by atoms with van der Waals surface area (Å²) in [7, 11) is 0. The summed E-state index contributed by atoms with van der Waals surface area (Å²) < 4.78 is 16.7. The van der Waals surface area contributed by atoms with Crippen LogP contribution in [-0.2, 0) is 28.6 Å². The number of esters is 3. The van der Waals surface area contributed by atoms with Crippen molar-refractivity contribution in [3.63, 3.8) is 0 Å². The number of allylic oxidation sites excluding steroid dienone is 20. The SMILES string of the molecule is CC/C=C\C/C=C\C/C=C\C/C=C\C/C=C\C/C=C\CCCCC(=O)OC(COC(=O)CCCCCCCCC)COC(=O)CCCCCCCCCCCC/C=C\C/C=C\C/C=C\C/C=C\CC. The second-order valence-electron chi connectivity index (χ2n) is 18.1. The lowest BCUT2D eigenvalue weighted by Gasteiger charge is -2.18. The minimum atomic E-state index is -0.803. The molecule has 0 saturated heterocycles. The molecule has 0 amide bonds. The van der Waals surface area contributed by atoms with Crippen LogP contribution in [0.25, 0.3) is 0 Å². The molecular weight excluding hydrogens is 853 g/mol. The average Bonchev–Trinajstić information content (AvgIpc) is 3.35. The number of carbonyl (C=O) groups excluding carboxylic acids is 3. The van der Waals surface area contributed by atoms with Crippen LogP contribution in [0.3, 0.4) is 0 Å². The summed E-state index contributed by atoms with van der Waals surface area (Å²) in [5.41, 5.74) is 0. The molecule has 0 bridgehead atoms. The number of rotatable bonds is 49. The second-order valence-corrected chi connectivity index (χ2v) is 18.1. The number of carbonyl (C=O) groups is 3. The van der Waals surface area contributed by atoms with Gasteiger partial charge in [0.1, 0.15) is 13.2 Å². The van der Waals surface area contributed by atoms with Crippen LogP contribution in [0.15, 0.2) is 122 Å². The van der Waals surface area contributed by atoms with Gasteiger partial charge >= 0.3 is 17.9 Å². The van der Waals surface area contributed by atoms with Gasteiger partial charge in [-0.2, -0.15) is 0 Å². The Kier molecular flexibility index (Phi) is 53.0. The van der Waals surface area contributed by atoms with E-state index in [0.717, 1.165) is 116 Å². The zero-order chi connectivity index (χ0) is 50.0. The monoisotopic (exact) mass is 955 g/mol. The summed E-state index contributed by atoms with van der Waals surface area (Å²) in [6.07, 6.45) is 77.8. The van der Waals surface area contributed by atoms with Crippen molar-refractivity contribution in [2.75, 3.05) is 13.2 Å². The van der Waals surface area contributed by atoms with E-state index in [2.05, 4.69) is 142 Å². The molecule has 0 aromatic rings. The van der Waals surface area contributed by atoms with Crippen LogP contribution in [0, 0.1) is 0 Å². The molecule has 0 aromatic heterocycles. The molecule has 0 rings (SSSR count). The van der Waals surface area contributed by atoms with Crippen LogP contribution >= 0.6 is 0 Å². The van der Waals surface area contributed by atoms with E-state index >= 15 is 0 Å². The fraction of sp³-hybridized carbons (Fsp3) is 0.635. The minimum absolute atomic E-state index is 0.0990. The van der Waals surface area contributed by atoms with Gasteiger partial charge in [-0.1, -0.05) is 232 Å². The molecule has 6 heteroatoms. The Morgan fingerprint density at radius 2 is 0.565 bits per heavy atom. The number of hydrogen-bond acceptors (Lipinski definition) is 6. The normalized spacial score (nSPS) is 13.0. The summed E-state index contributed by atoms with van der Waals surface area (Å²) >= 11 is 0. The first-order valence-electron chi connectivity index (χ1n) is 28.0. The first kappa shape index (κ1) is 64.8. The number of unbranched alkanes of at least 4 members (excludes halogenated alkanes) is 18. The molecule has 0 spiro atoms. The molecule has 390 valence electrons. The molecule has 69 heavy (non-hydrogen) atoms. The van der Waals surface area contributed by atoms with Gasteiger partial charge in [-0.05, 0) is 109 Å². The van der Waals surface area contributed by atoms with Crippen LogP contribution in [0.1, 0.15) is 239 Å². The van der Waals surface area contributed by atoms with Crippen molar-refractivity contribution in [2.45, 2.75) is 245 Å². The Morgan fingerprint density at radius 1 is 0.304 bits per heavy atom. The summed E-state index contributed by atoms with van der Waals surface area (Å²) in [5.74, 6) is -0.958. The van der Waals surface area contributed by atoms with Crippen LogP contribution in [0.5, 0.6) is 0 Å². The highest BCUT2D eigenvalue weighted by Crippen LogP contribution is 2.14. The van der Waals surface area contributed by atoms with Gasteiger partial charge in [-0.15, -0.1) is 0 Å². The van der Waals surface area contributed by atoms with E-state index in [9.17, 15) is 14.4 Å². The summed E-state index contributed by atoms with van der Waals surface area (Å²) in [4.78, 5) is 37.9. The highest BCUT2D eigenvalue weighted by atomic mass is 16.6. The van der Waals surface area contributed by atoms with Gasteiger partial charge in [-0.3, -0.25) is 14.4 Å². The molecule has 1 unspecified atom stereocenters. The van der Waals surface area contributed by atoms with Crippen molar-refractivity contribution in [3.8, 4) is 0 Å². The number of ether oxygens (including phenoxy) is 3. The zero-order valence-corrected chi connectivity index (χ0v) is 44.5. The molecular formula is C63H102O6. The maximum atomic E-state index is 12.8. The predicted octanol–water partition coefficient (Wildman–Crippen LogP) is 18.9. The molecule has 0 aliphatic heterocycles. The molecule has 0 aromatic carbocycles. The van der Waals surface area contributed by atoms with Gasteiger partial charge in [0.2, 0.25) is 0 Å².